The molecule has 0 aromatic rings. The number of piperidine rings is 2. The van der Waals surface area contributed by atoms with E-state index < -0.39 is 0 Å². The monoisotopic (exact) mass is 266 g/mol. The summed E-state index contributed by atoms with van der Waals surface area (Å²) < 4.78 is 0. The van der Waals surface area contributed by atoms with E-state index >= 15 is 0 Å². The molecule has 2 unspecified atom stereocenters. The van der Waals surface area contributed by atoms with E-state index in [4.69, 9.17) is 0 Å². The number of hydrogen-bond acceptors (Lipinski definition) is 2. The number of nitrogens with zero attached hydrogens (tertiary/aromatic N) is 2. The predicted octanol–water partition coefficient (Wildman–Crippen LogP) is 3.47. The van der Waals surface area contributed by atoms with Gasteiger partial charge in [-0.25, -0.2) is 0 Å². The molecule has 2 heterocycles. The van der Waals surface area contributed by atoms with E-state index in [1.807, 2.05) is 0 Å². The first-order valence-electron chi connectivity index (χ1n) is 8.56. The lowest BCUT2D eigenvalue weighted by molar-refractivity contribution is 0.0667. The van der Waals surface area contributed by atoms with E-state index in [0.29, 0.717) is 0 Å². The van der Waals surface area contributed by atoms with Crippen LogP contribution in [0.5, 0.6) is 0 Å². The van der Waals surface area contributed by atoms with Gasteiger partial charge in [0.15, 0.2) is 0 Å². The Hall–Kier alpha value is -0.0800. The van der Waals surface area contributed by atoms with Crippen molar-refractivity contribution in [3.05, 3.63) is 0 Å². The van der Waals surface area contributed by atoms with Gasteiger partial charge in [0.25, 0.3) is 0 Å². The Balaban J connectivity index is 1.75. The Morgan fingerprint density at radius 1 is 1.05 bits per heavy atom. The molecule has 112 valence electrons. The minimum absolute atomic E-state index is 0.726. The van der Waals surface area contributed by atoms with Crippen LogP contribution in [0.2, 0.25) is 0 Å². The highest BCUT2D eigenvalue weighted by Crippen LogP contribution is 2.27. The second-order valence-corrected chi connectivity index (χ2v) is 7.27. The standard InChI is InChI=1S/C17H34N2/c1-5-16-6-9-18(10-7-16)13-17-8-11-19(14(2)3)12-15(17)4/h14-17H,5-13H2,1-4H3. The van der Waals surface area contributed by atoms with Gasteiger partial charge >= 0.3 is 0 Å². The van der Waals surface area contributed by atoms with E-state index in [-0.39, 0.29) is 0 Å². The molecule has 0 aromatic heterocycles. The highest BCUT2D eigenvalue weighted by molar-refractivity contribution is 4.83. The van der Waals surface area contributed by atoms with Gasteiger partial charge in [-0.3, -0.25) is 0 Å². The summed E-state index contributed by atoms with van der Waals surface area (Å²) in [6, 6.07) is 0.726. The first-order chi connectivity index (χ1) is 9.10. The van der Waals surface area contributed by atoms with Gasteiger partial charge in [-0.15, -0.1) is 0 Å². The second kappa shape index (κ2) is 7.08. The van der Waals surface area contributed by atoms with Gasteiger partial charge in [0, 0.05) is 19.1 Å². The van der Waals surface area contributed by atoms with Crippen molar-refractivity contribution in [1.82, 2.24) is 9.80 Å². The highest BCUT2D eigenvalue weighted by Gasteiger charge is 2.29. The van der Waals surface area contributed by atoms with Crippen LogP contribution >= 0.6 is 0 Å². The van der Waals surface area contributed by atoms with Crippen molar-refractivity contribution in [2.75, 3.05) is 32.7 Å². The summed E-state index contributed by atoms with van der Waals surface area (Å²) in [5, 5.41) is 0. The minimum atomic E-state index is 0.726. The average molecular weight is 266 g/mol. The van der Waals surface area contributed by atoms with Crippen LogP contribution in [0.1, 0.15) is 53.4 Å². The number of hydrogen-bond donors (Lipinski definition) is 0. The Labute approximate surface area is 120 Å². The topological polar surface area (TPSA) is 6.48 Å². The molecule has 2 aliphatic heterocycles. The average Bonchev–Trinajstić information content (AvgIpc) is 2.41. The van der Waals surface area contributed by atoms with Crippen LogP contribution in [0.15, 0.2) is 0 Å². The first kappa shape index (κ1) is 15.3. The Morgan fingerprint density at radius 2 is 1.74 bits per heavy atom. The molecule has 0 spiro atoms. The zero-order valence-electron chi connectivity index (χ0n) is 13.6. The molecule has 2 nitrogen and oxygen atoms in total. The fourth-order valence-corrected chi connectivity index (χ4v) is 3.88. The van der Waals surface area contributed by atoms with Gasteiger partial charge in [0.2, 0.25) is 0 Å². The number of likely N-dealkylation sites (tertiary alicyclic amines) is 2. The smallest absolute Gasteiger partial charge is 0.00387 e. The van der Waals surface area contributed by atoms with E-state index in [1.54, 1.807) is 0 Å². The predicted molar refractivity (Wildman–Crippen MR) is 83.4 cm³/mol. The molecule has 2 atom stereocenters. The lowest BCUT2D eigenvalue weighted by Gasteiger charge is -2.42. The molecular formula is C17H34N2. The fraction of sp³-hybridized carbons (Fsp3) is 1.00. The molecule has 0 radical (unpaired) electrons. The summed E-state index contributed by atoms with van der Waals surface area (Å²) in [6.07, 6.45) is 5.68. The second-order valence-electron chi connectivity index (χ2n) is 7.27. The minimum Gasteiger partial charge on any atom is -0.303 e. The van der Waals surface area contributed by atoms with Crippen LogP contribution in [0.3, 0.4) is 0 Å². The Morgan fingerprint density at radius 3 is 2.26 bits per heavy atom. The third-order valence-corrected chi connectivity index (χ3v) is 5.62. The van der Waals surface area contributed by atoms with E-state index in [9.17, 15) is 0 Å². The van der Waals surface area contributed by atoms with Crippen LogP contribution in [0, 0.1) is 17.8 Å². The molecule has 0 saturated carbocycles. The summed E-state index contributed by atoms with van der Waals surface area (Å²) >= 11 is 0. The molecule has 0 aliphatic carbocycles. The molecule has 0 bridgehead atoms. The maximum Gasteiger partial charge on any atom is 0.00387 e. The van der Waals surface area contributed by atoms with Crippen molar-refractivity contribution in [2.45, 2.75) is 59.4 Å². The molecule has 2 heteroatoms. The van der Waals surface area contributed by atoms with Crippen molar-refractivity contribution >= 4 is 0 Å². The van der Waals surface area contributed by atoms with Crippen molar-refractivity contribution in [2.24, 2.45) is 17.8 Å². The summed E-state index contributed by atoms with van der Waals surface area (Å²) in [4.78, 5) is 5.41. The van der Waals surface area contributed by atoms with Crippen LogP contribution in [-0.2, 0) is 0 Å². The fourth-order valence-electron chi connectivity index (χ4n) is 3.88. The Kier molecular flexibility index (Phi) is 5.70. The van der Waals surface area contributed by atoms with Gasteiger partial charge in [-0.1, -0.05) is 20.3 Å². The van der Waals surface area contributed by atoms with Crippen molar-refractivity contribution in [1.29, 1.82) is 0 Å². The summed E-state index contributed by atoms with van der Waals surface area (Å²) in [5.74, 6) is 2.82. The van der Waals surface area contributed by atoms with Gasteiger partial charge in [0.1, 0.15) is 0 Å². The highest BCUT2D eigenvalue weighted by atomic mass is 15.2. The molecule has 2 aliphatic rings. The van der Waals surface area contributed by atoms with Gasteiger partial charge in [0.05, 0.1) is 0 Å². The van der Waals surface area contributed by atoms with E-state index in [2.05, 4.69) is 37.5 Å². The zero-order valence-corrected chi connectivity index (χ0v) is 13.6. The summed E-state index contributed by atoms with van der Waals surface area (Å²) in [7, 11) is 0. The third-order valence-electron chi connectivity index (χ3n) is 5.62. The molecule has 2 fully saturated rings. The van der Waals surface area contributed by atoms with Crippen molar-refractivity contribution in [3.8, 4) is 0 Å². The van der Waals surface area contributed by atoms with Gasteiger partial charge < -0.3 is 9.80 Å². The van der Waals surface area contributed by atoms with E-state index in [0.717, 1.165) is 23.8 Å². The molecule has 2 rings (SSSR count). The third kappa shape index (κ3) is 4.19. The summed E-state index contributed by atoms with van der Waals surface area (Å²) in [5.41, 5.74) is 0. The lowest BCUT2D eigenvalue weighted by atomic mass is 9.85. The molecule has 0 amide bonds. The van der Waals surface area contributed by atoms with Gasteiger partial charge in [-0.2, -0.15) is 0 Å². The quantitative estimate of drug-likeness (QED) is 0.769. The van der Waals surface area contributed by atoms with Crippen LogP contribution < -0.4 is 0 Å². The van der Waals surface area contributed by atoms with E-state index in [1.165, 1.54) is 58.4 Å². The normalized spacial score (nSPS) is 32.1. The maximum atomic E-state index is 2.75. The van der Waals surface area contributed by atoms with Crippen molar-refractivity contribution in [3.63, 3.8) is 0 Å². The molecule has 19 heavy (non-hydrogen) atoms. The lowest BCUT2D eigenvalue weighted by Crippen LogP contribution is -2.47. The molecule has 0 N–H and O–H groups in total. The van der Waals surface area contributed by atoms with Crippen LogP contribution in [0.4, 0.5) is 0 Å². The van der Waals surface area contributed by atoms with Crippen molar-refractivity contribution < 1.29 is 0 Å². The SMILES string of the molecule is CCC1CCN(CC2CCN(C(C)C)CC2C)CC1. The zero-order chi connectivity index (χ0) is 13.8. The first-order valence-corrected chi connectivity index (χ1v) is 8.56. The molecule has 0 aromatic carbocycles. The molecular weight excluding hydrogens is 232 g/mol. The van der Waals surface area contributed by atoms with Crippen LogP contribution in [0.25, 0.3) is 0 Å². The van der Waals surface area contributed by atoms with Gasteiger partial charge in [-0.05, 0) is 70.5 Å². The Bertz CT molecular complexity index is 256. The number of rotatable bonds is 4. The largest absolute Gasteiger partial charge is 0.303 e. The summed E-state index contributed by atoms with van der Waals surface area (Å²) in [6.45, 7) is 16.2. The molecule has 2 saturated heterocycles. The van der Waals surface area contributed by atoms with Crippen LogP contribution in [-0.4, -0.2) is 48.6 Å². The maximum absolute atomic E-state index is 2.75.